The Balaban J connectivity index is 2.56. The van der Waals surface area contributed by atoms with Crippen LogP contribution in [-0.4, -0.2) is 17.2 Å². The van der Waals surface area contributed by atoms with Crippen LogP contribution in [0, 0.1) is 0 Å². The molecule has 3 nitrogen and oxygen atoms in total. The van der Waals surface area contributed by atoms with Gasteiger partial charge in [-0.2, -0.15) is 0 Å². The molecule has 0 aliphatic heterocycles. The van der Waals surface area contributed by atoms with Crippen molar-refractivity contribution >= 4 is 5.97 Å². The minimum Gasteiger partial charge on any atom is -0.479 e. The van der Waals surface area contributed by atoms with E-state index in [0.717, 1.165) is 19.3 Å². The SMILES string of the molecule is CCCCc1ccc(OC(CCCC)C(=O)O)cc1. The van der Waals surface area contributed by atoms with Crippen LogP contribution < -0.4 is 4.74 Å². The fourth-order valence-electron chi connectivity index (χ4n) is 1.90. The molecular formula is C16H24O3. The summed E-state index contributed by atoms with van der Waals surface area (Å²) in [4.78, 5) is 11.1. The van der Waals surface area contributed by atoms with E-state index in [2.05, 4.69) is 6.92 Å². The molecule has 0 amide bonds. The van der Waals surface area contributed by atoms with Gasteiger partial charge in [0.05, 0.1) is 0 Å². The van der Waals surface area contributed by atoms with Gasteiger partial charge in [-0.15, -0.1) is 0 Å². The highest BCUT2D eigenvalue weighted by atomic mass is 16.5. The quantitative estimate of drug-likeness (QED) is 0.732. The highest BCUT2D eigenvalue weighted by Crippen LogP contribution is 2.17. The third-order valence-electron chi connectivity index (χ3n) is 3.12. The van der Waals surface area contributed by atoms with E-state index in [4.69, 9.17) is 9.84 Å². The predicted octanol–water partition coefficient (Wildman–Crippen LogP) is 4.05. The number of unbranched alkanes of at least 4 members (excludes halogenated alkanes) is 2. The second-order valence-electron chi connectivity index (χ2n) is 4.83. The summed E-state index contributed by atoms with van der Waals surface area (Å²) in [5.74, 6) is -0.243. The van der Waals surface area contributed by atoms with Crippen molar-refractivity contribution in [1.82, 2.24) is 0 Å². The average Bonchev–Trinajstić information content (AvgIpc) is 2.42. The molecule has 1 atom stereocenters. The molecule has 0 bridgehead atoms. The Morgan fingerprint density at radius 3 is 2.32 bits per heavy atom. The van der Waals surface area contributed by atoms with Crippen molar-refractivity contribution in [3.05, 3.63) is 29.8 Å². The molecule has 0 saturated heterocycles. The molecule has 1 aromatic carbocycles. The maximum absolute atomic E-state index is 11.1. The third-order valence-corrected chi connectivity index (χ3v) is 3.12. The van der Waals surface area contributed by atoms with Gasteiger partial charge < -0.3 is 9.84 Å². The number of carboxylic acids is 1. The number of aliphatic carboxylic acids is 1. The minimum atomic E-state index is -0.886. The number of ether oxygens (including phenoxy) is 1. The number of rotatable bonds is 9. The van der Waals surface area contributed by atoms with E-state index in [9.17, 15) is 4.79 Å². The number of carboxylic acid groups (broad SMARTS) is 1. The lowest BCUT2D eigenvalue weighted by Gasteiger charge is -2.15. The van der Waals surface area contributed by atoms with E-state index in [1.807, 2.05) is 31.2 Å². The van der Waals surface area contributed by atoms with Gasteiger partial charge in [-0.3, -0.25) is 0 Å². The number of benzene rings is 1. The van der Waals surface area contributed by atoms with Gasteiger partial charge in [-0.1, -0.05) is 38.8 Å². The third kappa shape index (κ3) is 5.77. The van der Waals surface area contributed by atoms with E-state index in [1.54, 1.807) is 0 Å². The largest absolute Gasteiger partial charge is 0.479 e. The van der Waals surface area contributed by atoms with Crippen molar-refractivity contribution in [3.63, 3.8) is 0 Å². The first kappa shape index (κ1) is 15.5. The second-order valence-corrected chi connectivity index (χ2v) is 4.83. The normalized spacial score (nSPS) is 12.1. The van der Waals surface area contributed by atoms with E-state index in [-0.39, 0.29) is 0 Å². The Morgan fingerprint density at radius 2 is 1.79 bits per heavy atom. The van der Waals surface area contributed by atoms with Crippen LogP contribution in [0.5, 0.6) is 5.75 Å². The summed E-state index contributed by atoms with van der Waals surface area (Å²) in [6.45, 7) is 4.21. The predicted molar refractivity (Wildman–Crippen MR) is 76.6 cm³/mol. The van der Waals surface area contributed by atoms with Crippen LogP contribution in [-0.2, 0) is 11.2 Å². The van der Waals surface area contributed by atoms with Crippen LogP contribution in [0.4, 0.5) is 0 Å². The molecule has 0 aliphatic rings. The first-order chi connectivity index (χ1) is 9.17. The lowest BCUT2D eigenvalue weighted by Crippen LogP contribution is -2.26. The van der Waals surface area contributed by atoms with Crippen LogP contribution in [0.15, 0.2) is 24.3 Å². The van der Waals surface area contributed by atoms with E-state index >= 15 is 0 Å². The molecule has 0 heterocycles. The van der Waals surface area contributed by atoms with Crippen molar-refractivity contribution in [2.24, 2.45) is 0 Å². The highest BCUT2D eigenvalue weighted by Gasteiger charge is 2.18. The molecule has 0 aliphatic carbocycles. The smallest absolute Gasteiger partial charge is 0.344 e. The minimum absolute atomic E-state index is 0.559. The van der Waals surface area contributed by atoms with E-state index < -0.39 is 12.1 Å². The Labute approximate surface area is 115 Å². The van der Waals surface area contributed by atoms with Gasteiger partial charge in [-0.25, -0.2) is 4.79 Å². The fourth-order valence-corrected chi connectivity index (χ4v) is 1.90. The summed E-state index contributed by atoms with van der Waals surface area (Å²) in [5, 5.41) is 9.11. The Bertz CT molecular complexity index is 370. The lowest BCUT2D eigenvalue weighted by molar-refractivity contribution is -0.145. The second kappa shape index (κ2) is 8.57. The maximum Gasteiger partial charge on any atom is 0.344 e. The number of hydrogen-bond donors (Lipinski definition) is 1. The molecule has 0 radical (unpaired) electrons. The standard InChI is InChI=1S/C16H24O3/c1-3-5-7-13-9-11-14(12-10-13)19-15(16(17)18)8-6-4-2/h9-12,15H,3-8H2,1-2H3,(H,17,18). The summed E-state index contributed by atoms with van der Waals surface area (Å²) < 4.78 is 5.54. The summed E-state index contributed by atoms with van der Waals surface area (Å²) >= 11 is 0. The van der Waals surface area contributed by atoms with Gasteiger partial charge in [-0.05, 0) is 43.4 Å². The van der Waals surface area contributed by atoms with Crippen molar-refractivity contribution in [2.75, 3.05) is 0 Å². The van der Waals surface area contributed by atoms with Crippen LogP contribution in [0.25, 0.3) is 0 Å². The first-order valence-electron chi connectivity index (χ1n) is 7.15. The van der Waals surface area contributed by atoms with Crippen molar-refractivity contribution in [1.29, 1.82) is 0 Å². The maximum atomic E-state index is 11.1. The van der Waals surface area contributed by atoms with E-state index in [1.165, 1.54) is 18.4 Å². The van der Waals surface area contributed by atoms with Crippen LogP contribution >= 0.6 is 0 Å². The molecular weight excluding hydrogens is 240 g/mol. The summed E-state index contributed by atoms with van der Waals surface area (Å²) in [5.41, 5.74) is 1.27. The number of carbonyl (C=O) groups is 1. The molecule has 0 aromatic heterocycles. The lowest BCUT2D eigenvalue weighted by atomic mass is 10.1. The van der Waals surface area contributed by atoms with Gasteiger partial charge in [0.25, 0.3) is 0 Å². The Kier molecular flexibility index (Phi) is 7.01. The molecule has 19 heavy (non-hydrogen) atoms. The zero-order chi connectivity index (χ0) is 14.1. The average molecular weight is 264 g/mol. The van der Waals surface area contributed by atoms with Crippen molar-refractivity contribution in [2.45, 2.75) is 58.5 Å². The molecule has 0 spiro atoms. The van der Waals surface area contributed by atoms with Crippen LogP contribution in [0.1, 0.15) is 51.5 Å². The topological polar surface area (TPSA) is 46.5 Å². The molecule has 1 N–H and O–H groups in total. The summed E-state index contributed by atoms with van der Waals surface area (Å²) in [6, 6.07) is 7.77. The molecule has 3 heteroatoms. The molecule has 106 valence electrons. The summed E-state index contributed by atoms with van der Waals surface area (Å²) in [7, 11) is 0. The molecule has 0 saturated carbocycles. The monoisotopic (exact) mass is 264 g/mol. The fraction of sp³-hybridized carbons (Fsp3) is 0.562. The number of aryl methyl sites for hydroxylation is 1. The first-order valence-corrected chi connectivity index (χ1v) is 7.15. The highest BCUT2D eigenvalue weighted by molar-refractivity contribution is 5.72. The molecule has 1 unspecified atom stereocenters. The Hall–Kier alpha value is -1.51. The number of hydrogen-bond acceptors (Lipinski definition) is 2. The Morgan fingerprint density at radius 1 is 1.16 bits per heavy atom. The molecule has 1 rings (SSSR count). The van der Waals surface area contributed by atoms with Gasteiger partial charge in [0.1, 0.15) is 5.75 Å². The zero-order valence-corrected chi connectivity index (χ0v) is 11.9. The molecule has 1 aromatic rings. The van der Waals surface area contributed by atoms with Gasteiger partial charge >= 0.3 is 5.97 Å². The van der Waals surface area contributed by atoms with Crippen molar-refractivity contribution < 1.29 is 14.6 Å². The zero-order valence-electron chi connectivity index (χ0n) is 11.9. The van der Waals surface area contributed by atoms with Crippen LogP contribution in [0.2, 0.25) is 0 Å². The van der Waals surface area contributed by atoms with Crippen molar-refractivity contribution in [3.8, 4) is 5.75 Å². The van der Waals surface area contributed by atoms with E-state index in [0.29, 0.717) is 12.2 Å². The van der Waals surface area contributed by atoms with Crippen LogP contribution in [0.3, 0.4) is 0 Å². The van der Waals surface area contributed by atoms with Gasteiger partial charge in [0.15, 0.2) is 6.10 Å². The van der Waals surface area contributed by atoms with Gasteiger partial charge in [0.2, 0.25) is 0 Å². The van der Waals surface area contributed by atoms with Gasteiger partial charge in [0, 0.05) is 0 Å². The molecule has 0 fully saturated rings. The summed E-state index contributed by atoms with van der Waals surface area (Å²) in [6.07, 6.45) is 5.08.